The van der Waals surface area contributed by atoms with Gasteiger partial charge in [-0.3, -0.25) is 4.79 Å². The molecule has 0 radical (unpaired) electrons. The lowest BCUT2D eigenvalue weighted by Crippen LogP contribution is -2.16. The molecule has 0 spiro atoms. The van der Waals surface area contributed by atoms with E-state index in [2.05, 4.69) is 11.9 Å². The quantitative estimate of drug-likeness (QED) is 0.769. The first-order valence-corrected chi connectivity index (χ1v) is 5.55. The third-order valence-electron chi connectivity index (χ3n) is 3.40. The summed E-state index contributed by atoms with van der Waals surface area (Å²) in [4.78, 5) is 25.4. The molecule has 1 aliphatic carbocycles. The summed E-state index contributed by atoms with van der Waals surface area (Å²) in [5.74, 6) is -0.472. The Hall–Kier alpha value is -1.58. The van der Waals surface area contributed by atoms with E-state index < -0.39 is 5.97 Å². The van der Waals surface area contributed by atoms with Crippen LogP contribution in [0.15, 0.2) is 12.3 Å². The summed E-state index contributed by atoms with van der Waals surface area (Å²) in [7, 11) is 0. The molecule has 1 aliphatic rings. The van der Waals surface area contributed by atoms with Crippen molar-refractivity contribution in [2.45, 2.75) is 26.2 Å². The second-order valence-electron chi connectivity index (χ2n) is 4.49. The minimum atomic E-state index is -1.03. The number of aromatic nitrogens is 1. The van der Waals surface area contributed by atoms with Crippen molar-refractivity contribution in [3.05, 3.63) is 23.5 Å². The standard InChI is InChI=1S/C12H15NO3/c1-7-3-2-4-9(7)11(14)8-5-10(12(15)16)13-6-8/h5-7,9,13H,2-4H2,1H3,(H,15,16). The van der Waals surface area contributed by atoms with Crippen LogP contribution in [0.5, 0.6) is 0 Å². The van der Waals surface area contributed by atoms with E-state index in [4.69, 9.17) is 5.11 Å². The van der Waals surface area contributed by atoms with Gasteiger partial charge in [-0.15, -0.1) is 0 Å². The van der Waals surface area contributed by atoms with E-state index in [1.165, 1.54) is 12.3 Å². The fourth-order valence-corrected chi connectivity index (χ4v) is 2.41. The van der Waals surface area contributed by atoms with Gasteiger partial charge in [-0.2, -0.15) is 0 Å². The predicted molar refractivity (Wildman–Crippen MR) is 58.6 cm³/mol. The first kappa shape index (κ1) is 10.9. The summed E-state index contributed by atoms with van der Waals surface area (Å²) >= 11 is 0. The normalized spacial score (nSPS) is 24.6. The van der Waals surface area contributed by atoms with Crippen molar-refractivity contribution in [2.75, 3.05) is 0 Å². The molecule has 4 nitrogen and oxygen atoms in total. The smallest absolute Gasteiger partial charge is 0.352 e. The van der Waals surface area contributed by atoms with Crippen LogP contribution in [0.25, 0.3) is 0 Å². The van der Waals surface area contributed by atoms with Gasteiger partial charge >= 0.3 is 5.97 Å². The molecular formula is C12H15NO3. The van der Waals surface area contributed by atoms with Crippen molar-refractivity contribution in [2.24, 2.45) is 11.8 Å². The van der Waals surface area contributed by atoms with Crippen molar-refractivity contribution < 1.29 is 14.7 Å². The Labute approximate surface area is 93.7 Å². The summed E-state index contributed by atoms with van der Waals surface area (Å²) in [6, 6.07) is 1.43. The molecule has 16 heavy (non-hydrogen) atoms. The molecule has 1 aromatic heterocycles. The Balaban J connectivity index is 2.17. The Morgan fingerprint density at radius 2 is 2.19 bits per heavy atom. The number of carboxylic acid groups (broad SMARTS) is 1. The van der Waals surface area contributed by atoms with E-state index in [1.54, 1.807) is 0 Å². The number of rotatable bonds is 3. The van der Waals surface area contributed by atoms with Gasteiger partial charge in [0.25, 0.3) is 0 Å². The molecule has 1 heterocycles. The van der Waals surface area contributed by atoms with Crippen molar-refractivity contribution in [3.63, 3.8) is 0 Å². The number of nitrogens with one attached hydrogen (secondary N) is 1. The number of ketones is 1. The molecule has 2 atom stereocenters. The molecule has 1 fully saturated rings. The number of aromatic amines is 1. The van der Waals surface area contributed by atoms with Gasteiger partial charge in [-0.05, 0) is 24.8 Å². The van der Waals surface area contributed by atoms with Crippen LogP contribution in [-0.4, -0.2) is 21.8 Å². The lowest BCUT2D eigenvalue weighted by atomic mass is 9.90. The second kappa shape index (κ2) is 4.12. The van der Waals surface area contributed by atoms with E-state index in [1.807, 2.05) is 0 Å². The summed E-state index contributed by atoms with van der Waals surface area (Å²) in [5, 5.41) is 8.75. The highest BCUT2D eigenvalue weighted by Gasteiger charge is 2.30. The van der Waals surface area contributed by atoms with Gasteiger partial charge in [0.1, 0.15) is 5.69 Å². The molecule has 1 aromatic rings. The van der Waals surface area contributed by atoms with Crippen LogP contribution in [0.1, 0.15) is 47.0 Å². The number of carboxylic acids is 1. The molecule has 2 rings (SSSR count). The van der Waals surface area contributed by atoms with Crippen molar-refractivity contribution >= 4 is 11.8 Å². The number of carbonyl (C=O) groups is 2. The zero-order chi connectivity index (χ0) is 11.7. The summed E-state index contributed by atoms with van der Waals surface area (Å²) < 4.78 is 0. The Kier molecular flexibility index (Phi) is 2.81. The van der Waals surface area contributed by atoms with Gasteiger partial charge in [0, 0.05) is 17.7 Å². The number of hydrogen-bond acceptors (Lipinski definition) is 2. The first-order valence-electron chi connectivity index (χ1n) is 5.55. The van der Waals surface area contributed by atoms with Crippen molar-refractivity contribution in [1.82, 2.24) is 4.98 Å². The average molecular weight is 221 g/mol. The molecule has 4 heteroatoms. The molecule has 2 N–H and O–H groups in total. The maximum Gasteiger partial charge on any atom is 0.352 e. The molecule has 0 bridgehead atoms. The highest BCUT2D eigenvalue weighted by molar-refractivity contribution is 6.00. The van der Waals surface area contributed by atoms with E-state index in [0.29, 0.717) is 11.5 Å². The predicted octanol–water partition coefficient (Wildman–Crippen LogP) is 2.33. The third kappa shape index (κ3) is 1.87. The average Bonchev–Trinajstić information content (AvgIpc) is 2.84. The Morgan fingerprint density at radius 3 is 2.69 bits per heavy atom. The minimum Gasteiger partial charge on any atom is -0.477 e. The van der Waals surface area contributed by atoms with Gasteiger partial charge in [0.2, 0.25) is 0 Å². The maximum absolute atomic E-state index is 12.1. The van der Waals surface area contributed by atoms with Crippen LogP contribution in [0.4, 0.5) is 0 Å². The third-order valence-corrected chi connectivity index (χ3v) is 3.40. The van der Waals surface area contributed by atoms with Crippen molar-refractivity contribution in [1.29, 1.82) is 0 Å². The highest BCUT2D eigenvalue weighted by Crippen LogP contribution is 2.33. The summed E-state index contributed by atoms with van der Waals surface area (Å²) in [5.41, 5.74) is 0.574. The number of H-pyrrole nitrogens is 1. The zero-order valence-electron chi connectivity index (χ0n) is 9.19. The van der Waals surface area contributed by atoms with E-state index in [-0.39, 0.29) is 17.4 Å². The topological polar surface area (TPSA) is 70.2 Å². The first-order chi connectivity index (χ1) is 7.59. The number of Topliss-reactive ketones (excluding diaryl/α,β-unsaturated/α-hetero) is 1. The van der Waals surface area contributed by atoms with E-state index in [9.17, 15) is 9.59 Å². The van der Waals surface area contributed by atoms with Gasteiger partial charge in [-0.25, -0.2) is 4.79 Å². The Morgan fingerprint density at radius 1 is 1.44 bits per heavy atom. The van der Waals surface area contributed by atoms with Crippen molar-refractivity contribution in [3.8, 4) is 0 Å². The van der Waals surface area contributed by atoms with Gasteiger partial charge in [0.15, 0.2) is 5.78 Å². The summed E-state index contributed by atoms with van der Waals surface area (Å²) in [6.07, 6.45) is 4.60. The van der Waals surface area contributed by atoms with E-state index in [0.717, 1.165) is 19.3 Å². The highest BCUT2D eigenvalue weighted by atomic mass is 16.4. The van der Waals surface area contributed by atoms with Crippen LogP contribution in [0.2, 0.25) is 0 Å². The van der Waals surface area contributed by atoms with Crippen LogP contribution >= 0.6 is 0 Å². The van der Waals surface area contributed by atoms with Gasteiger partial charge < -0.3 is 10.1 Å². The molecule has 0 aromatic carbocycles. The molecule has 2 unspecified atom stereocenters. The number of aromatic carboxylic acids is 1. The van der Waals surface area contributed by atoms with Crippen LogP contribution < -0.4 is 0 Å². The number of carbonyl (C=O) groups excluding carboxylic acids is 1. The summed E-state index contributed by atoms with van der Waals surface area (Å²) in [6.45, 7) is 2.08. The van der Waals surface area contributed by atoms with Gasteiger partial charge in [0.05, 0.1) is 0 Å². The lowest BCUT2D eigenvalue weighted by Gasteiger charge is -2.12. The lowest BCUT2D eigenvalue weighted by molar-refractivity contribution is 0.0691. The van der Waals surface area contributed by atoms with Crippen LogP contribution in [0.3, 0.4) is 0 Å². The molecule has 0 amide bonds. The molecule has 0 aliphatic heterocycles. The second-order valence-corrected chi connectivity index (χ2v) is 4.49. The minimum absolute atomic E-state index is 0.0671. The zero-order valence-corrected chi connectivity index (χ0v) is 9.19. The monoisotopic (exact) mass is 221 g/mol. The fraction of sp³-hybridized carbons (Fsp3) is 0.500. The van der Waals surface area contributed by atoms with Gasteiger partial charge in [-0.1, -0.05) is 13.3 Å². The maximum atomic E-state index is 12.1. The fourth-order valence-electron chi connectivity index (χ4n) is 2.41. The molecule has 1 saturated carbocycles. The van der Waals surface area contributed by atoms with Crippen LogP contribution in [0, 0.1) is 11.8 Å². The molecule has 0 saturated heterocycles. The van der Waals surface area contributed by atoms with Crippen LogP contribution in [-0.2, 0) is 0 Å². The Bertz CT molecular complexity index is 422. The molecule has 86 valence electrons. The molecular weight excluding hydrogens is 206 g/mol. The SMILES string of the molecule is CC1CCCC1C(=O)c1c[nH]c(C(=O)O)c1. The number of hydrogen-bond donors (Lipinski definition) is 2. The van der Waals surface area contributed by atoms with E-state index >= 15 is 0 Å². The largest absolute Gasteiger partial charge is 0.477 e.